The summed E-state index contributed by atoms with van der Waals surface area (Å²) in [6.07, 6.45) is 0.532. The molecule has 0 unspecified atom stereocenters. The first-order valence-corrected chi connectivity index (χ1v) is 10.0. The van der Waals surface area contributed by atoms with Crippen molar-refractivity contribution in [2.75, 3.05) is 11.9 Å². The van der Waals surface area contributed by atoms with Crippen molar-refractivity contribution in [3.8, 4) is 11.7 Å². The van der Waals surface area contributed by atoms with Gasteiger partial charge in [-0.25, -0.2) is 9.67 Å². The fourth-order valence-electron chi connectivity index (χ4n) is 3.41. The van der Waals surface area contributed by atoms with E-state index in [9.17, 15) is 9.59 Å². The van der Waals surface area contributed by atoms with Gasteiger partial charge in [0.25, 0.3) is 5.56 Å². The fourth-order valence-corrected chi connectivity index (χ4v) is 3.41. The second-order valence-electron chi connectivity index (χ2n) is 7.04. The van der Waals surface area contributed by atoms with Gasteiger partial charge in [0.1, 0.15) is 12.3 Å². The van der Waals surface area contributed by atoms with E-state index in [0.29, 0.717) is 41.7 Å². The molecule has 2 aromatic heterocycles. The van der Waals surface area contributed by atoms with Gasteiger partial charge >= 0.3 is 0 Å². The molecule has 0 aliphatic carbocycles. The maximum atomic E-state index is 13.2. The Balaban J connectivity index is 2.02. The van der Waals surface area contributed by atoms with E-state index in [1.54, 1.807) is 23.7 Å². The maximum absolute atomic E-state index is 13.2. The zero-order valence-corrected chi connectivity index (χ0v) is 18.0. The van der Waals surface area contributed by atoms with Crippen molar-refractivity contribution in [2.45, 2.75) is 47.6 Å². The number of aromatic nitrogens is 4. The van der Waals surface area contributed by atoms with Crippen LogP contribution in [0.3, 0.4) is 0 Å². The van der Waals surface area contributed by atoms with Crippen molar-refractivity contribution in [3.05, 3.63) is 63.3 Å². The van der Waals surface area contributed by atoms with Crippen LogP contribution in [0, 0.1) is 20.8 Å². The summed E-state index contributed by atoms with van der Waals surface area (Å²) in [5.74, 6) is 0.559. The third-order valence-electron chi connectivity index (χ3n) is 4.76. The largest absolute Gasteiger partial charge is 0.492 e. The number of ether oxygens (including phenoxy) is 1. The van der Waals surface area contributed by atoms with E-state index in [1.807, 2.05) is 45.9 Å². The van der Waals surface area contributed by atoms with Gasteiger partial charge in [0.2, 0.25) is 11.9 Å². The summed E-state index contributed by atoms with van der Waals surface area (Å²) >= 11 is 0. The quantitative estimate of drug-likeness (QED) is 0.648. The van der Waals surface area contributed by atoms with E-state index in [4.69, 9.17) is 4.74 Å². The molecule has 0 fully saturated rings. The molecular weight excluding hydrogens is 382 g/mol. The lowest BCUT2D eigenvalue weighted by Crippen LogP contribution is -2.34. The van der Waals surface area contributed by atoms with Gasteiger partial charge in [0.15, 0.2) is 0 Å². The third kappa shape index (κ3) is 4.27. The van der Waals surface area contributed by atoms with E-state index in [1.165, 1.54) is 4.57 Å². The monoisotopic (exact) mass is 409 g/mol. The first-order chi connectivity index (χ1) is 14.3. The first-order valence-electron chi connectivity index (χ1n) is 10.0. The molecule has 2 heterocycles. The summed E-state index contributed by atoms with van der Waals surface area (Å²) in [6.45, 7) is 9.64. The number of benzene rings is 1. The van der Waals surface area contributed by atoms with Crippen LogP contribution in [0.25, 0.3) is 5.95 Å². The SMILES string of the molecule is CCOc1ccccc1NC(=O)Cn1c(-n2nc(C)cc2C)nc(C)c(CC)c1=O. The van der Waals surface area contributed by atoms with Crippen molar-refractivity contribution in [3.63, 3.8) is 0 Å². The van der Waals surface area contributed by atoms with Crippen LogP contribution < -0.4 is 15.6 Å². The zero-order chi connectivity index (χ0) is 21.8. The number of anilines is 1. The first kappa shape index (κ1) is 21.3. The highest BCUT2D eigenvalue weighted by atomic mass is 16.5. The van der Waals surface area contributed by atoms with Gasteiger partial charge < -0.3 is 10.1 Å². The Kier molecular flexibility index (Phi) is 6.34. The molecule has 0 radical (unpaired) electrons. The highest BCUT2D eigenvalue weighted by Gasteiger charge is 2.19. The number of hydrogen-bond acceptors (Lipinski definition) is 5. The van der Waals surface area contributed by atoms with E-state index in [2.05, 4.69) is 15.4 Å². The molecule has 0 aliphatic heterocycles. The molecule has 0 saturated heterocycles. The van der Waals surface area contributed by atoms with E-state index < -0.39 is 0 Å². The summed E-state index contributed by atoms with van der Waals surface area (Å²) in [4.78, 5) is 30.6. The lowest BCUT2D eigenvalue weighted by Gasteiger charge is -2.16. The Labute approximate surface area is 175 Å². The van der Waals surface area contributed by atoms with Crippen molar-refractivity contribution in [1.82, 2.24) is 19.3 Å². The zero-order valence-electron chi connectivity index (χ0n) is 18.0. The summed E-state index contributed by atoms with van der Waals surface area (Å²) < 4.78 is 8.55. The second kappa shape index (κ2) is 8.94. The van der Waals surface area contributed by atoms with Crippen LogP contribution in [0.1, 0.15) is 36.5 Å². The average Bonchev–Trinajstić information content (AvgIpc) is 3.04. The van der Waals surface area contributed by atoms with Crippen molar-refractivity contribution < 1.29 is 9.53 Å². The fraction of sp³-hybridized carbons (Fsp3) is 0.364. The maximum Gasteiger partial charge on any atom is 0.258 e. The lowest BCUT2D eigenvalue weighted by atomic mass is 10.2. The molecule has 0 spiro atoms. The molecule has 1 amide bonds. The number of carbonyl (C=O) groups excluding carboxylic acids is 1. The summed E-state index contributed by atoms with van der Waals surface area (Å²) in [5, 5.41) is 7.29. The number of carbonyl (C=O) groups is 1. The van der Waals surface area contributed by atoms with Gasteiger partial charge in [-0.2, -0.15) is 5.10 Å². The minimum atomic E-state index is -0.347. The number of aryl methyl sites for hydroxylation is 3. The number of rotatable bonds is 7. The van der Waals surface area contributed by atoms with Gasteiger partial charge in [-0.05, 0) is 52.3 Å². The van der Waals surface area contributed by atoms with Crippen LogP contribution in [0.4, 0.5) is 5.69 Å². The van der Waals surface area contributed by atoms with Gasteiger partial charge in [-0.15, -0.1) is 0 Å². The van der Waals surface area contributed by atoms with Crippen molar-refractivity contribution in [2.24, 2.45) is 0 Å². The van der Waals surface area contributed by atoms with Gasteiger partial charge in [-0.1, -0.05) is 19.1 Å². The number of nitrogens with zero attached hydrogens (tertiary/aromatic N) is 4. The van der Waals surface area contributed by atoms with Gasteiger partial charge in [0.05, 0.1) is 23.7 Å². The smallest absolute Gasteiger partial charge is 0.258 e. The molecule has 0 aliphatic rings. The molecule has 0 atom stereocenters. The predicted octanol–water partition coefficient (Wildman–Crippen LogP) is 2.95. The van der Waals surface area contributed by atoms with Crippen molar-refractivity contribution in [1.29, 1.82) is 0 Å². The molecule has 3 rings (SSSR count). The normalized spacial score (nSPS) is 10.8. The van der Waals surface area contributed by atoms with E-state index in [-0.39, 0.29) is 18.0 Å². The minimum absolute atomic E-state index is 0.187. The summed E-state index contributed by atoms with van der Waals surface area (Å²) in [6, 6.07) is 9.10. The Hall–Kier alpha value is -3.42. The van der Waals surface area contributed by atoms with Crippen LogP contribution >= 0.6 is 0 Å². The lowest BCUT2D eigenvalue weighted by molar-refractivity contribution is -0.116. The summed E-state index contributed by atoms with van der Waals surface area (Å²) in [7, 11) is 0. The molecule has 0 bridgehead atoms. The Morgan fingerprint density at radius 3 is 2.53 bits per heavy atom. The number of amides is 1. The van der Waals surface area contributed by atoms with Crippen LogP contribution in [-0.4, -0.2) is 31.8 Å². The molecular formula is C22H27N5O3. The predicted molar refractivity (Wildman–Crippen MR) is 115 cm³/mol. The van der Waals surface area contributed by atoms with Crippen molar-refractivity contribution >= 4 is 11.6 Å². The highest BCUT2D eigenvalue weighted by molar-refractivity contribution is 5.92. The molecule has 1 N–H and O–H groups in total. The van der Waals surface area contributed by atoms with E-state index >= 15 is 0 Å². The highest BCUT2D eigenvalue weighted by Crippen LogP contribution is 2.23. The van der Waals surface area contributed by atoms with Crippen LogP contribution in [0.5, 0.6) is 5.75 Å². The van der Waals surface area contributed by atoms with E-state index in [0.717, 1.165) is 11.4 Å². The number of hydrogen-bond donors (Lipinski definition) is 1. The average molecular weight is 409 g/mol. The van der Waals surface area contributed by atoms with Crippen LogP contribution in [0.15, 0.2) is 35.1 Å². The minimum Gasteiger partial charge on any atom is -0.492 e. The molecule has 0 saturated carbocycles. The Bertz CT molecular complexity index is 1130. The Morgan fingerprint density at radius 2 is 1.90 bits per heavy atom. The molecule has 8 heteroatoms. The molecule has 158 valence electrons. The molecule has 30 heavy (non-hydrogen) atoms. The third-order valence-corrected chi connectivity index (χ3v) is 4.76. The van der Waals surface area contributed by atoms with Gasteiger partial charge in [0, 0.05) is 11.3 Å². The Morgan fingerprint density at radius 1 is 1.17 bits per heavy atom. The second-order valence-corrected chi connectivity index (χ2v) is 7.04. The van der Waals surface area contributed by atoms with Crippen LogP contribution in [0.2, 0.25) is 0 Å². The standard InChI is InChI=1S/C22H27N5O3/c1-6-17-16(5)23-22(27-15(4)12-14(3)25-27)26(21(17)29)13-20(28)24-18-10-8-9-11-19(18)30-7-2/h8-12H,6-7,13H2,1-5H3,(H,24,28). The number of para-hydroxylation sites is 2. The van der Waals surface area contributed by atoms with Gasteiger partial charge in [-0.3, -0.25) is 14.2 Å². The van der Waals surface area contributed by atoms with Crippen LogP contribution in [-0.2, 0) is 17.8 Å². The molecule has 3 aromatic rings. The number of nitrogens with one attached hydrogen (secondary N) is 1. The topological polar surface area (TPSA) is 91.0 Å². The molecule has 1 aromatic carbocycles. The summed E-state index contributed by atoms with van der Waals surface area (Å²) in [5.41, 5.74) is 3.19. The molecule has 8 nitrogen and oxygen atoms in total.